The number of aliphatic hydroxyl groups excluding tert-OH is 1. The zero-order valence-electron chi connectivity index (χ0n) is 11.3. The third-order valence-corrected chi connectivity index (χ3v) is 3.16. The first-order chi connectivity index (χ1) is 9.69. The number of rotatable bonds is 6. The smallest absolute Gasteiger partial charge is 0.122 e. The predicted octanol–water partition coefficient (Wildman–Crippen LogP) is 3.33. The van der Waals surface area contributed by atoms with E-state index in [2.05, 4.69) is 0 Å². The Morgan fingerprint density at radius 3 is 2.50 bits per heavy atom. The van der Waals surface area contributed by atoms with E-state index in [1.807, 2.05) is 24.3 Å². The van der Waals surface area contributed by atoms with Gasteiger partial charge in [-0.2, -0.15) is 0 Å². The summed E-state index contributed by atoms with van der Waals surface area (Å²) in [5.41, 5.74) is 0.960. The molecule has 0 saturated carbocycles. The molecule has 0 heterocycles. The molecule has 0 aliphatic heterocycles. The third-order valence-electron chi connectivity index (χ3n) is 2.90. The Morgan fingerprint density at radius 1 is 1.10 bits per heavy atom. The van der Waals surface area contributed by atoms with E-state index < -0.39 is 6.10 Å². The van der Waals surface area contributed by atoms with Crippen molar-refractivity contribution in [3.63, 3.8) is 0 Å². The van der Waals surface area contributed by atoms with Crippen LogP contribution >= 0.6 is 11.6 Å². The highest BCUT2D eigenvalue weighted by molar-refractivity contribution is 6.30. The highest BCUT2D eigenvalue weighted by Gasteiger charge is 2.10. The van der Waals surface area contributed by atoms with E-state index in [0.717, 1.165) is 11.3 Å². The summed E-state index contributed by atoms with van der Waals surface area (Å²) in [5.74, 6) is 1.46. The van der Waals surface area contributed by atoms with Crippen LogP contribution in [0.15, 0.2) is 48.5 Å². The average molecular weight is 293 g/mol. The molecule has 20 heavy (non-hydrogen) atoms. The normalized spacial score (nSPS) is 11.9. The summed E-state index contributed by atoms with van der Waals surface area (Å²) >= 11 is 5.80. The number of benzene rings is 2. The Balaban J connectivity index is 1.89. The summed E-state index contributed by atoms with van der Waals surface area (Å²) in [6.07, 6.45) is -0.112. The molecule has 2 aromatic rings. The van der Waals surface area contributed by atoms with E-state index >= 15 is 0 Å². The maximum absolute atomic E-state index is 10.0. The Hall–Kier alpha value is -1.71. The maximum Gasteiger partial charge on any atom is 0.122 e. The van der Waals surface area contributed by atoms with Crippen molar-refractivity contribution >= 4 is 11.6 Å². The standard InChI is InChI=1S/C16H17ClO3/c1-19-16-5-3-2-4-12(16)10-14(18)11-20-15-8-6-13(17)7-9-15/h2-9,14,18H,10-11H2,1H3. The molecule has 0 saturated heterocycles. The maximum atomic E-state index is 10.0. The summed E-state index contributed by atoms with van der Waals surface area (Å²) in [6.45, 7) is 0.222. The lowest BCUT2D eigenvalue weighted by Crippen LogP contribution is -2.20. The van der Waals surface area contributed by atoms with Crippen LogP contribution in [0.5, 0.6) is 11.5 Å². The monoisotopic (exact) mass is 292 g/mol. The lowest BCUT2D eigenvalue weighted by atomic mass is 10.1. The van der Waals surface area contributed by atoms with Crippen molar-refractivity contribution in [1.29, 1.82) is 0 Å². The highest BCUT2D eigenvalue weighted by Crippen LogP contribution is 2.20. The van der Waals surface area contributed by atoms with Gasteiger partial charge in [0.25, 0.3) is 0 Å². The van der Waals surface area contributed by atoms with Gasteiger partial charge < -0.3 is 14.6 Å². The van der Waals surface area contributed by atoms with Crippen molar-refractivity contribution in [2.75, 3.05) is 13.7 Å². The van der Waals surface area contributed by atoms with Crippen LogP contribution < -0.4 is 9.47 Å². The van der Waals surface area contributed by atoms with E-state index in [-0.39, 0.29) is 6.61 Å². The SMILES string of the molecule is COc1ccccc1CC(O)COc1ccc(Cl)cc1. The number of hydrogen-bond acceptors (Lipinski definition) is 3. The molecule has 0 aromatic heterocycles. The molecule has 1 N–H and O–H groups in total. The summed E-state index contributed by atoms with van der Waals surface area (Å²) in [7, 11) is 1.62. The summed E-state index contributed by atoms with van der Waals surface area (Å²) in [5, 5.41) is 10.7. The van der Waals surface area contributed by atoms with E-state index in [1.165, 1.54) is 0 Å². The molecule has 1 unspecified atom stereocenters. The lowest BCUT2D eigenvalue weighted by molar-refractivity contribution is 0.107. The van der Waals surface area contributed by atoms with Crippen LogP contribution in [-0.2, 0) is 6.42 Å². The minimum Gasteiger partial charge on any atom is -0.496 e. The minimum absolute atomic E-state index is 0.222. The predicted molar refractivity (Wildman–Crippen MR) is 79.7 cm³/mol. The number of para-hydroxylation sites is 1. The fourth-order valence-electron chi connectivity index (χ4n) is 1.91. The molecule has 2 rings (SSSR count). The second-order valence-corrected chi connectivity index (χ2v) is 4.87. The van der Waals surface area contributed by atoms with Crippen molar-refractivity contribution in [3.05, 3.63) is 59.1 Å². The molecule has 3 nitrogen and oxygen atoms in total. The van der Waals surface area contributed by atoms with Gasteiger partial charge in [0, 0.05) is 11.4 Å². The Morgan fingerprint density at radius 2 is 1.80 bits per heavy atom. The van der Waals surface area contributed by atoms with Gasteiger partial charge >= 0.3 is 0 Å². The van der Waals surface area contributed by atoms with Crippen molar-refractivity contribution in [2.45, 2.75) is 12.5 Å². The quantitative estimate of drug-likeness (QED) is 0.887. The van der Waals surface area contributed by atoms with Crippen LogP contribution in [-0.4, -0.2) is 24.9 Å². The molecule has 0 aliphatic carbocycles. The zero-order chi connectivity index (χ0) is 14.4. The summed E-state index contributed by atoms with van der Waals surface area (Å²) < 4.78 is 10.8. The van der Waals surface area contributed by atoms with Crippen molar-refractivity contribution in [3.8, 4) is 11.5 Å². The van der Waals surface area contributed by atoms with Gasteiger partial charge in [-0.3, -0.25) is 0 Å². The average Bonchev–Trinajstić information content (AvgIpc) is 2.47. The second-order valence-electron chi connectivity index (χ2n) is 4.43. The van der Waals surface area contributed by atoms with Crippen LogP contribution in [0.1, 0.15) is 5.56 Å². The molecule has 0 amide bonds. The number of ether oxygens (including phenoxy) is 2. The first-order valence-electron chi connectivity index (χ1n) is 6.37. The number of aliphatic hydroxyl groups is 1. The van der Waals surface area contributed by atoms with Crippen molar-refractivity contribution in [2.24, 2.45) is 0 Å². The van der Waals surface area contributed by atoms with E-state index in [4.69, 9.17) is 21.1 Å². The van der Waals surface area contributed by atoms with Crippen LogP contribution in [0.4, 0.5) is 0 Å². The van der Waals surface area contributed by atoms with Crippen LogP contribution in [0, 0.1) is 0 Å². The largest absolute Gasteiger partial charge is 0.496 e. The molecule has 4 heteroatoms. The number of methoxy groups -OCH3 is 1. The van der Waals surface area contributed by atoms with Gasteiger partial charge in [0.05, 0.1) is 13.2 Å². The lowest BCUT2D eigenvalue weighted by Gasteiger charge is -2.14. The van der Waals surface area contributed by atoms with Gasteiger partial charge in [0.2, 0.25) is 0 Å². The first kappa shape index (κ1) is 14.7. The van der Waals surface area contributed by atoms with Crippen molar-refractivity contribution in [1.82, 2.24) is 0 Å². The Labute approximate surface area is 123 Å². The van der Waals surface area contributed by atoms with E-state index in [1.54, 1.807) is 31.4 Å². The van der Waals surface area contributed by atoms with Gasteiger partial charge in [-0.05, 0) is 35.9 Å². The van der Waals surface area contributed by atoms with Gasteiger partial charge in [-0.1, -0.05) is 29.8 Å². The molecule has 0 spiro atoms. The van der Waals surface area contributed by atoms with Gasteiger partial charge in [-0.25, -0.2) is 0 Å². The van der Waals surface area contributed by atoms with E-state index in [9.17, 15) is 5.11 Å². The zero-order valence-corrected chi connectivity index (χ0v) is 12.0. The topological polar surface area (TPSA) is 38.7 Å². The van der Waals surface area contributed by atoms with Gasteiger partial charge in [-0.15, -0.1) is 0 Å². The van der Waals surface area contributed by atoms with E-state index in [0.29, 0.717) is 17.2 Å². The molecule has 0 fully saturated rings. The fraction of sp³-hybridized carbons (Fsp3) is 0.250. The highest BCUT2D eigenvalue weighted by atomic mass is 35.5. The molecule has 106 valence electrons. The molecule has 0 bridgehead atoms. The third kappa shape index (κ3) is 4.15. The molecule has 1 atom stereocenters. The van der Waals surface area contributed by atoms with Gasteiger partial charge in [0.1, 0.15) is 18.1 Å². The molecular weight excluding hydrogens is 276 g/mol. The Bertz CT molecular complexity index is 540. The minimum atomic E-state index is -0.595. The molecule has 0 aliphatic rings. The first-order valence-corrected chi connectivity index (χ1v) is 6.75. The van der Waals surface area contributed by atoms with Crippen LogP contribution in [0.2, 0.25) is 5.02 Å². The van der Waals surface area contributed by atoms with Crippen molar-refractivity contribution < 1.29 is 14.6 Å². The second kappa shape index (κ2) is 7.17. The summed E-state index contributed by atoms with van der Waals surface area (Å²) in [4.78, 5) is 0. The van der Waals surface area contributed by atoms with Crippen LogP contribution in [0.25, 0.3) is 0 Å². The van der Waals surface area contributed by atoms with Gasteiger partial charge in [0.15, 0.2) is 0 Å². The molecule has 2 aromatic carbocycles. The number of halogens is 1. The summed E-state index contributed by atoms with van der Waals surface area (Å²) in [6, 6.07) is 14.7. The fourth-order valence-corrected chi connectivity index (χ4v) is 2.03. The van der Waals surface area contributed by atoms with Crippen LogP contribution in [0.3, 0.4) is 0 Å². The Kier molecular flexibility index (Phi) is 5.27. The number of hydrogen-bond donors (Lipinski definition) is 1. The molecular formula is C16H17ClO3. The molecule has 0 radical (unpaired) electrons.